The van der Waals surface area contributed by atoms with Gasteiger partial charge in [-0.3, -0.25) is 9.59 Å². The number of phenols is 2. The first-order chi connectivity index (χ1) is 9.97. The second-order valence-corrected chi connectivity index (χ2v) is 4.24. The fraction of sp³-hybridized carbons (Fsp3) is 0.0714. The van der Waals surface area contributed by atoms with Gasteiger partial charge in [-0.2, -0.15) is 0 Å². The molecule has 108 valence electrons. The SMILES string of the molecule is O=C(O)Cc1cc(O)c(C(=O)Nc2ccccn2)cc1O. The zero-order valence-electron chi connectivity index (χ0n) is 10.8. The summed E-state index contributed by atoms with van der Waals surface area (Å²) in [6.07, 6.45) is 1.03. The van der Waals surface area contributed by atoms with Gasteiger partial charge in [-0.25, -0.2) is 4.98 Å². The van der Waals surface area contributed by atoms with Crippen molar-refractivity contribution in [2.75, 3.05) is 5.32 Å². The summed E-state index contributed by atoms with van der Waals surface area (Å²) in [5, 5.41) is 30.6. The molecule has 0 bridgehead atoms. The van der Waals surface area contributed by atoms with E-state index in [0.29, 0.717) is 0 Å². The van der Waals surface area contributed by atoms with Gasteiger partial charge in [0.15, 0.2) is 0 Å². The van der Waals surface area contributed by atoms with Crippen LogP contribution in [0, 0.1) is 0 Å². The first kappa shape index (κ1) is 14.3. The second-order valence-electron chi connectivity index (χ2n) is 4.24. The van der Waals surface area contributed by atoms with Crippen molar-refractivity contribution < 1.29 is 24.9 Å². The monoisotopic (exact) mass is 288 g/mol. The number of nitrogens with one attached hydrogen (secondary N) is 1. The number of aromatic nitrogens is 1. The van der Waals surface area contributed by atoms with E-state index in [0.717, 1.165) is 12.1 Å². The average molecular weight is 288 g/mol. The number of carbonyl (C=O) groups excluding carboxylic acids is 1. The Balaban J connectivity index is 2.26. The number of hydrogen-bond donors (Lipinski definition) is 4. The first-order valence-electron chi connectivity index (χ1n) is 5.96. The highest BCUT2D eigenvalue weighted by Crippen LogP contribution is 2.28. The maximum Gasteiger partial charge on any atom is 0.307 e. The van der Waals surface area contributed by atoms with Crippen molar-refractivity contribution in [1.82, 2.24) is 4.98 Å². The number of pyridine rings is 1. The molecule has 1 aromatic heterocycles. The van der Waals surface area contributed by atoms with Gasteiger partial charge in [0.25, 0.3) is 5.91 Å². The molecule has 0 atom stereocenters. The van der Waals surface area contributed by atoms with Gasteiger partial charge < -0.3 is 20.6 Å². The highest BCUT2D eigenvalue weighted by Gasteiger charge is 2.17. The van der Waals surface area contributed by atoms with Crippen molar-refractivity contribution in [2.24, 2.45) is 0 Å². The van der Waals surface area contributed by atoms with Crippen LogP contribution in [0.15, 0.2) is 36.5 Å². The summed E-state index contributed by atoms with van der Waals surface area (Å²) in [5.74, 6) is -2.33. The molecule has 7 nitrogen and oxygen atoms in total. The third-order valence-electron chi connectivity index (χ3n) is 2.69. The van der Waals surface area contributed by atoms with Crippen molar-refractivity contribution in [2.45, 2.75) is 6.42 Å². The van der Waals surface area contributed by atoms with Crippen LogP contribution in [0.4, 0.5) is 5.82 Å². The van der Waals surface area contributed by atoms with E-state index in [-0.39, 0.29) is 22.7 Å². The molecule has 0 aliphatic heterocycles. The lowest BCUT2D eigenvalue weighted by Crippen LogP contribution is -2.13. The number of aliphatic carboxylic acids is 1. The summed E-state index contributed by atoms with van der Waals surface area (Å²) in [6.45, 7) is 0. The summed E-state index contributed by atoms with van der Waals surface area (Å²) in [7, 11) is 0. The molecule has 0 spiro atoms. The molecule has 2 aromatic rings. The minimum absolute atomic E-state index is 0.0226. The van der Waals surface area contributed by atoms with Crippen molar-refractivity contribution >= 4 is 17.7 Å². The molecule has 1 amide bonds. The molecule has 21 heavy (non-hydrogen) atoms. The van der Waals surface area contributed by atoms with E-state index in [1.165, 1.54) is 6.20 Å². The van der Waals surface area contributed by atoms with Gasteiger partial charge in [-0.1, -0.05) is 6.07 Å². The van der Waals surface area contributed by atoms with Gasteiger partial charge >= 0.3 is 5.97 Å². The van der Waals surface area contributed by atoms with Crippen LogP contribution in [0.5, 0.6) is 11.5 Å². The van der Waals surface area contributed by atoms with E-state index in [1.54, 1.807) is 18.2 Å². The number of amides is 1. The highest BCUT2D eigenvalue weighted by atomic mass is 16.4. The zero-order chi connectivity index (χ0) is 15.4. The largest absolute Gasteiger partial charge is 0.508 e. The Morgan fingerprint density at radius 1 is 1.14 bits per heavy atom. The molecule has 0 radical (unpaired) electrons. The van der Waals surface area contributed by atoms with E-state index >= 15 is 0 Å². The minimum atomic E-state index is -1.16. The van der Waals surface area contributed by atoms with Crippen molar-refractivity contribution in [3.63, 3.8) is 0 Å². The Kier molecular flexibility index (Phi) is 4.03. The topological polar surface area (TPSA) is 120 Å². The number of nitrogens with zero attached hydrogens (tertiary/aromatic N) is 1. The molecule has 0 aliphatic carbocycles. The maximum absolute atomic E-state index is 12.0. The summed E-state index contributed by atoms with van der Waals surface area (Å²) < 4.78 is 0. The molecule has 0 unspecified atom stereocenters. The molecule has 0 aliphatic rings. The second kappa shape index (κ2) is 5.91. The molecule has 7 heteroatoms. The molecular weight excluding hydrogens is 276 g/mol. The Bertz CT molecular complexity index is 685. The fourth-order valence-corrected chi connectivity index (χ4v) is 1.73. The summed E-state index contributed by atoms with van der Waals surface area (Å²) in [5.41, 5.74) is -0.151. The Hall–Kier alpha value is -3.09. The number of phenolic OH excluding ortho intramolecular Hbond substituents is 2. The van der Waals surface area contributed by atoms with E-state index < -0.39 is 24.0 Å². The van der Waals surface area contributed by atoms with Crippen LogP contribution in [0.1, 0.15) is 15.9 Å². The average Bonchev–Trinajstić information content (AvgIpc) is 2.43. The van der Waals surface area contributed by atoms with Gasteiger partial charge in [0, 0.05) is 11.8 Å². The lowest BCUT2D eigenvalue weighted by atomic mass is 10.1. The van der Waals surface area contributed by atoms with Gasteiger partial charge in [0.1, 0.15) is 17.3 Å². The van der Waals surface area contributed by atoms with Crippen molar-refractivity contribution in [3.8, 4) is 11.5 Å². The summed E-state index contributed by atoms with van der Waals surface area (Å²) >= 11 is 0. The van der Waals surface area contributed by atoms with Crippen LogP contribution >= 0.6 is 0 Å². The van der Waals surface area contributed by atoms with Gasteiger partial charge in [0.2, 0.25) is 0 Å². The van der Waals surface area contributed by atoms with Gasteiger partial charge in [-0.05, 0) is 24.3 Å². The van der Waals surface area contributed by atoms with Gasteiger partial charge in [-0.15, -0.1) is 0 Å². The number of carbonyl (C=O) groups is 2. The number of anilines is 1. The van der Waals surface area contributed by atoms with E-state index in [4.69, 9.17) is 5.11 Å². The van der Waals surface area contributed by atoms with Crippen LogP contribution < -0.4 is 5.32 Å². The zero-order valence-corrected chi connectivity index (χ0v) is 10.8. The van der Waals surface area contributed by atoms with Crippen LogP contribution in [-0.2, 0) is 11.2 Å². The Labute approximate surface area is 119 Å². The minimum Gasteiger partial charge on any atom is -0.508 e. The third kappa shape index (κ3) is 3.47. The quantitative estimate of drug-likeness (QED) is 0.631. The molecule has 1 heterocycles. The number of rotatable bonds is 4. The number of carboxylic acids is 1. The molecule has 4 N–H and O–H groups in total. The number of benzene rings is 1. The molecule has 0 fully saturated rings. The number of carboxylic acid groups (broad SMARTS) is 1. The van der Waals surface area contributed by atoms with E-state index in [1.807, 2.05) is 0 Å². The molecule has 0 saturated heterocycles. The predicted molar refractivity (Wildman–Crippen MR) is 73.3 cm³/mol. The molecular formula is C14H12N2O5. The molecule has 2 rings (SSSR count). The van der Waals surface area contributed by atoms with Crippen LogP contribution in [-0.4, -0.2) is 32.2 Å². The fourth-order valence-electron chi connectivity index (χ4n) is 1.73. The smallest absolute Gasteiger partial charge is 0.307 e. The Morgan fingerprint density at radius 3 is 2.52 bits per heavy atom. The van der Waals surface area contributed by atoms with E-state index in [9.17, 15) is 19.8 Å². The maximum atomic E-state index is 12.0. The standard InChI is InChI=1S/C14H12N2O5/c17-10-7-9(11(18)5-8(10)6-13(19)20)14(21)16-12-3-1-2-4-15-12/h1-5,7,17-18H,6H2,(H,19,20)(H,15,16,21). The number of aromatic hydroxyl groups is 2. The van der Waals surface area contributed by atoms with Crippen LogP contribution in [0.3, 0.4) is 0 Å². The first-order valence-corrected chi connectivity index (χ1v) is 5.96. The Morgan fingerprint density at radius 2 is 1.90 bits per heavy atom. The third-order valence-corrected chi connectivity index (χ3v) is 2.69. The van der Waals surface area contributed by atoms with Crippen molar-refractivity contribution in [1.29, 1.82) is 0 Å². The van der Waals surface area contributed by atoms with Gasteiger partial charge in [0.05, 0.1) is 12.0 Å². The van der Waals surface area contributed by atoms with E-state index in [2.05, 4.69) is 10.3 Å². The summed E-state index contributed by atoms with van der Waals surface area (Å²) in [6, 6.07) is 6.99. The van der Waals surface area contributed by atoms with Crippen LogP contribution in [0.2, 0.25) is 0 Å². The normalized spacial score (nSPS) is 10.1. The lowest BCUT2D eigenvalue weighted by Gasteiger charge is -2.09. The highest BCUT2D eigenvalue weighted by molar-refractivity contribution is 6.06. The molecule has 1 aromatic carbocycles. The number of hydrogen-bond acceptors (Lipinski definition) is 5. The van der Waals surface area contributed by atoms with Crippen molar-refractivity contribution in [3.05, 3.63) is 47.7 Å². The molecule has 0 saturated carbocycles. The lowest BCUT2D eigenvalue weighted by molar-refractivity contribution is -0.136. The summed E-state index contributed by atoms with van der Waals surface area (Å²) in [4.78, 5) is 26.5. The van der Waals surface area contributed by atoms with Crippen LogP contribution in [0.25, 0.3) is 0 Å². The predicted octanol–water partition coefficient (Wildman–Crippen LogP) is 1.37.